The van der Waals surface area contributed by atoms with Crippen LogP contribution in [0.1, 0.15) is 18.9 Å². The van der Waals surface area contributed by atoms with Crippen LogP contribution in [0, 0.1) is 5.92 Å². The van der Waals surface area contributed by atoms with Gasteiger partial charge >= 0.3 is 0 Å². The topological polar surface area (TPSA) is 40.1 Å². The zero-order valence-electron chi connectivity index (χ0n) is 18.4. The molecule has 158 valence electrons. The summed E-state index contributed by atoms with van der Waals surface area (Å²) >= 11 is 0. The van der Waals surface area contributed by atoms with Crippen LogP contribution in [-0.2, 0) is 0 Å². The fourth-order valence-electron chi connectivity index (χ4n) is 3.34. The van der Waals surface area contributed by atoms with Crippen molar-refractivity contribution in [3.63, 3.8) is 0 Å². The van der Waals surface area contributed by atoms with E-state index in [4.69, 9.17) is 4.74 Å². The van der Waals surface area contributed by atoms with Crippen molar-refractivity contribution >= 4 is 11.8 Å². The van der Waals surface area contributed by atoms with Crippen molar-refractivity contribution in [2.75, 3.05) is 34.2 Å². The highest BCUT2D eigenvalue weighted by Gasteiger charge is 2.19. The maximum atomic E-state index is 6.25. The van der Waals surface area contributed by atoms with E-state index in [0.717, 1.165) is 53.8 Å². The van der Waals surface area contributed by atoms with Gasteiger partial charge in [0.2, 0.25) is 0 Å². The molecule has 0 fully saturated rings. The van der Waals surface area contributed by atoms with Crippen LogP contribution in [0.25, 0.3) is 5.57 Å². The molecule has 0 aromatic heterocycles. The summed E-state index contributed by atoms with van der Waals surface area (Å²) < 4.78 is 6.25. The van der Waals surface area contributed by atoms with Crippen LogP contribution >= 0.6 is 0 Å². The molecule has 1 N–H and O–H groups in total. The SMILES string of the molecule is C=C/C(=C1/N=CC=C(NCCN(C)C)N1C)c1ccccc1OC1=CCC(C)C=C1. The Morgan fingerprint density at radius 1 is 1.37 bits per heavy atom. The molecular formula is C25H32N4O. The lowest BCUT2D eigenvalue weighted by atomic mass is 10.0. The summed E-state index contributed by atoms with van der Waals surface area (Å²) in [6.45, 7) is 8.07. The molecule has 1 aliphatic heterocycles. The van der Waals surface area contributed by atoms with E-state index in [2.05, 4.69) is 65.9 Å². The monoisotopic (exact) mass is 404 g/mol. The fourth-order valence-corrected chi connectivity index (χ4v) is 3.34. The molecule has 0 spiro atoms. The Bertz CT molecular complexity index is 921. The molecule has 1 atom stereocenters. The second kappa shape index (κ2) is 10.1. The Balaban J connectivity index is 1.88. The van der Waals surface area contributed by atoms with Gasteiger partial charge in [0.1, 0.15) is 23.2 Å². The van der Waals surface area contributed by atoms with Gasteiger partial charge in [-0.05, 0) is 50.7 Å². The molecule has 5 nitrogen and oxygen atoms in total. The first-order chi connectivity index (χ1) is 14.5. The molecule has 30 heavy (non-hydrogen) atoms. The summed E-state index contributed by atoms with van der Waals surface area (Å²) in [5.41, 5.74) is 1.90. The van der Waals surface area contributed by atoms with E-state index >= 15 is 0 Å². The lowest BCUT2D eigenvalue weighted by molar-refractivity contribution is 0.388. The minimum atomic E-state index is 0.550. The number of likely N-dealkylation sites (N-methyl/N-ethyl adjacent to an activating group) is 1. The van der Waals surface area contributed by atoms with E-state index in [1.165, 1.54) is 0 Å². The van der Waals surface area contributed by atoms with E-state index in [0.29, 0.717) is 5.92 Å². The molecule has 1 aliphatic carbocycles. The second-order valence-electron chi connectivity index (χ2n) is 7.84. The minimum Gasteiger partial charge on any atom is -0.457 e. The van der Waals surface area contributed by atoms with Crippen LogP contribution in [0.5, 0.6) is 5.75 Å². The van der Waals surface area contributed by atoms with E-state index in [1.807, 2.05) is 49.7 Å². The van der Waals surface area contributed by atoms with Gasteiger partial charge in [0.15, 0.2) is 0 Å². The van der Waals surface area contributed by atoms with Crippen molar-refractivity contribution < 1.29 is 4.74 Å². The molecular weight excluding hydrogens is 372 g/mol. The lowest BCUT2D eigenvalue weighted by Gasteiger charge is -2.28. The van der Waals surface area contributed by atoms with E-state index in [-0.39, 0.29) is 0 Å². The van der Waals surface area contributed by atoms with Gasteiger partial charge < -0.3 is 19.9 Å². The third kappa shape index (κ3) is 5.30. The van der Waals surface area contributed by atoms with Gasteiger partial charge in [0.05, 0.1) is 0 Å². The number of allylic oxidation sites excluding steroid dienone is 6. The molecule has 3 rings (SSSR count). The average Bonchev–Trinajstić information content (AvgIpc) is 2.73. The molecule has 2 aliphatic rings. The Morgan fingerprint density at radius 3 is 2.87 bits per heavy atom. The first-order valence-corrected chi connectivity index (χ1v) is 10.4. The molecule has 0 bridgehead atoms. The number of rotatable bonds is 8. The highest BCUT2D eigenvalue weighted by atomic mass is 16.5. The molecule has 1 unspecified atom stereocenters. The summed E-state index contributed by atoms with van der Waals surface area (Å²) in [7, 11) is 6.15. The van der Waals surface area contributed by atoms with Gasteiger partial charge in [0, 0.05) is 37.5 Å². The molecule has 0 saturated carbocycles. The minimum absolute atomic E-state index is 0.550. The Morgan fingerprint density at radius 2 is 2.17 bits per heavy atom. The van der Waals surface area contributed by atoms with Crippen molar-refractivity contribution in [1.29, 1.82) is 0 Å². The van der Waals surface area contributed by atoms with Crippen molar-refractivity contribution in [3.8, 4) is 5.75 Å². The number of hydrogen-bond acceptors (Lipinski definition) is 5. The molecule has 0 radical (unpaired) electrons. The molecule has 0 saturated heterocycles. The zero-order valence-corrected chi connectivity index (χ0v) is 18.4. The molecule has 1 heterocycles. The third-order valence-electron chi connectivity index (χ3n) is 5.10. The van der Waals surface area contributed by atoms with Crippen LogP contribution in [0.2, 0.25) is 0 Å². The number of nitrogens with zero attached hydrogens (tertiary/aromatic N) is 3. The average molecular weight is 405 g/mol. The Labute approximate surface area is 180 Å². The van der Waals surface area contributed by atoms with Gasteiger partial charge in [-0.25, -0.2) is 4.99 Å². The van der Waals surface area contributed by atoms with Crippen molar-refractivity contribution in [2.24, 2.45) is 10.9 Å². The van der Waals surface area contributed by atoms with Gasteiger partial charge in [0.25, 0.3) is 0 Å². The molecule has 5 heteroatoms. The van der Waals surface area contributed by atoms with Crippen molar-refractivity contribution in [2.45, 2.75) is 13.3 Å². The van der Waals surface area contributed by atoms with Crippen molar-refractivity contribution in [1.82, 2.24) is 15.1 Å². The highest BCUT2D eigenvalue weighted by Crippen LogP contribution is 2.33. The fraction of sp³-hybridized carbons (Fsp3) is 0.320. The number of para-hydroxylation sites is 1. The zero-order chi connectivity index (χ0) is 21.5. The Hall–Kier alpha value is -3.05. The predicted molar refractivity (Wildman–Crippen MR) is 126 cm³/mol. The number of benzene rings is 1. The predicted octanol–water partition coefficient (Wildman–Crippen LogP) is 4.41. The summed E-state index contributed by atoms with van der Waals surface area (Å²) in [4.78, 5) is 8.86. The summed E-state index contributed by atoms with van der Waals surface area (Å²) in [5.74, 6) is 4.06. The maximum Gasteiger partial charge on any atom is 0.141 e. The summed E-state index contributed by atoms with van der Waals surface area (Å²) in [6.07, 6.45) is 13.0. The van der Waals surface area contributed by atoms with Gasteiger partial charge in [-0.1, -0.05) is 43.9 Å². The molecule has 1 aromatic rings. The first kappa shape index (κ1) is 21.7. The summed E-state index contributed by atoms with van der Waals surface area (Å²) in [6, 6.07) is 8.04. The largest absolute Gasteiger partial charge is 0.457 e. The van der Waals surface area contributed by atoms with Crippen LogP contribution < -0.4 is 10.1 Å². The van der Waals surface area contributed by atoms with Crippen LogP contribution in [0.3, 0.4) is 0 Å². The molecule has 0 amide bonds. The van der Waals surface area contributed by atoms with Gasteiger partial charge in [-0.15, -0.1) is 0 Å². The van der Waals surface area contributed by atoms with Gasteiger partial charge in [-0.2, -0.15) is 0 Å². The first-order valence-electron chi connectivity index (χ1n) is 10.4. The van der Waals surface area contributed by atoms with Crippen LogP contribution in [0.4, 0.5) is 0 Å². The van der Waals surface area contributed by atoms with Crippen LogP contribution in [-0.4, -0.2) is 50.2 Å². The van der Waals surface area contributed by atoms with E-state index < -0.39 is 0 Å². The Kier molecular flexibility index (Phi) is 7.31. The number of nitrogens with one attached hydrogen (secondary N) is 1. The molecule has 1 aromatic carbocycles. The normalized spacial score (nSPS) is 20.0. The highest BCUT2D eigenvalue weighted by molar-refractivity contribution is 5.83. The van der Waals surface area contributed by atoms with Crippen LogP contribution in [0.15, 0.2) is 83.6 Å². The number of aliphatic imine (C=N–C) groups is 1. The maximum absolute atomic E-state index is 6.25. The van der Waals surface area contributed by atoms with Gasteiger partial charge in [-0.3, -0.25) is 0 Å². The van der Waals surface area contributed by atoms with E-state index in [1.54, 1.807) is 0 Å². The van der Waals surface area contributed by atoms with E-state index in [9.17, 15) is 0 Å². The summed E-state index contributed by atoms with van der Waals surface area (Å²) in [5, 5.41) is 3.48. The standard InChI is InChI=1S/C25H32N4O/c1-6-21(25-27-16-15-24(29(25)5)26-17-18-28(3)4)22-9-7-8-10-23(22)30-20-13-11-19(2)12-14-20/h6-11,13-16,19,26H,1,12,17-18H2,2-5H3/b25-21+. The second-order valence-corrected chi connectivity index (χ2v) is 7.84. The third-order valence-corrected chi connectivity index (χ3v) is 5.10. The number of hydrogen-bond donors (Lipinski definition) is 1. The number of ether oxygens (including phenoxy) is 1. The smallest absolute Gasteiger partial charge is 0.141 e. The van der Waals surface area contributed by atoms with Crippen molar-refractivity contribution in [3.05, 3.63) is 84.2 Å². The quantitative estimate of drug-likeness (QED) is 0.697. The lowest BCUT2D eigenvalue weighted by Crippen LogP contribution is -2.34.